The monoisotopic (exact) mass is 496 g/mol. The summed E-state index contributed by atoms with van der Waals surface area (Å²) >= 11 is 9.24. The Kier molecular flexibility index (Phi) is 7.04. The van der Waals surface area contributed by atoms with Crippen LogP contribution in [0.15, 0.2) is 64.5 Å². The highest BCUT2D eigenvalue weighted by atomic mass is 35.5. The quantitative estimate of drug-likeness (QED) is 0.161. The number of aryl methyl sites for hydroxylation is 3. The van der Waals surface area contributed by atoms with Crippen LogP contribution in [0.25, 0.3) is 10.2 Å². The number of ether oxygens (including phenoxy) is 1. The van der Waals surface area contributed by atoms with Crippen molar-refractivity contribution < 1.29 is 4.74 Å². The van der Waals surface area contributed by atoms with E-state index in [1.54, 1.807) is 23.1 Å². The summed E-state index contributed by atoms with van der Waals surface area (Å²) in [5, 5.41) is 2.32. The lowest BCUT2D eigenvalue weighted by Crippen LogP contribution is -2.25. The molecule has 33 heavy (non-hydrogen) atoms. The van der Waals surface area contributed by atoms with Gasteiger partial charge in [-0.25, -0.2) is 4.98 Å². The van der Waals surface area contributed by atoms with Gasteiger partial charge in [0.15, 0.2) is 5.16 Å². The predicted octanol–water partition coefficient (Wildman–Crippen LogP) is 6.40. The maximum absolute atomic E-state index is 13.7. The highest BCUT2D eigenvalue weighted by molar-refractivity contribution is 7.99. The van der Waals surface area contributed by atoms with Gasteiger partial charge in [-0.2, -0.15) is 0 Å². The van der Waals surface area contributed by atoms with E-state index in [2.05, 4.69) is 12.1 Å². The molecule has 1 aliphatic carbocycles. The van der Waals surface area contributed by atoms with Gasteiger partial charge in [0.1, 0.15) is 10.6 Å². The van der Waals surface area contributed by atoms with Crippen molar-refractivity contribution >= 4 is 44.9 Å². The Balaban J connectivity index is 1.39. The second-order valence-corrected chi connectivity index (χ2v) is 10.7. The SMILES string of the molecule is O=c1c2c3c(sc2nc(SCCOc2ccc(Cl)cc2)n1CCc1ccccc1)CCCC3. The van der Waals surface area contributed by atoms with Gasteiger partial charge in [-0.1, -0.05) is 53.7 Å². The van der Waals surface area contributed by atoms with Crippen LogP contribution in [0.1, 0.15) is 28.8 Å². The first-order valence-electron chi connectivity index (χ1n) is 11.3. The number of thiophene rings is 1. The topological polar surface area (TPSA) is 44.1 Å². The van der Waals surface area contributed by atoms with Crippen LogP contribution in [0.5, 0.6) is 5.75 Å². The maximum Gasteiger partial charge on any atom is 0.263 e. The summed E-state index contributed by atoms with van der Waals surface area (Å²) in [4.78, 5) is 20.9. The van der Waals surface area contributed by atoms with Crippen LogP contribution in [0.3, 0.4) is 0 Å². The first kappa shape index (κ1) is 22.5. The number of hydrogen-bond acceptors (Lipinski definition) is 5. The van der Waals surface area contributed by atoms with Crippen molar-refractivity contribution in [3.63, 3.8) is 0 Å². The third-order valence-corrected chi connectivity index (χ3v) is 8.28. The fourth-order valence-electron chi connectivity index (χ4n) is 4.24. The van der Waals surface area contributed by atoms with Gasteiger partial charge in [-0.05, 0) is 67.5 Å². The molecule has 5 rings (SSSR count). The lowest BCUT2D eigenvalue weighted by molar-refractivity contribution is 0.344. The zero-order valence-electron chi connectivity index (χ0n) is 18.3. The van der Waals surface area contributed by atoms with Crippen LogP contribution in [0.4, 0.5) is 0 Å². The summed E-state index contributed by atoms with van der Waals surface area (Å²) in [6, 6.07) is 17.7. The predicted molar refractivity (Wildman–Crippen MR) is 138 cm³/mol. The van der Waals surface area contributed by atoms with Crippen LogP contribution < -0.4 is 10.3 Å². The van der Waals surface area contributed by atoms with E-state index in [-0.39, 0.29) is 5.56 Å². The number of rotatable bonds is 8. The fraction of sp³-hybridized carbons (Fsp3) is 0.308. The molecular formula is C26H25ClN2O2S2. The second-order valence-electron chi connectivity index (χ2n) is 8.13. The largest absolute Gasteiger partial charge is 0.493 e. The molecule has 0 saturated carbocycles. The maximum atomic E-state index is 13.7. The van der Waals surface area contributed by atoms with E-state index in [4.69, 9.17) is 21.3 Å². The minimum absolute atomic E-state index is 0.108. The molecule has 7 heteroatoms. The molecule has 0 N–H and O–H groups in total. The number of hydrogen-bond donors (Lipinski definition) is 0. The standard InChI is InChI=1S/C26H25ClN2O2S2/c27-19-10-12-20(13-11-19)31-16-17-32-26-28-24-23(21-8-4-5-9-22(21)33-24)25(30)29(26)15-14-18-6-2-1-3-7-18/h1-3,6-7,10-13H,4-5,8-9,14-17H2. The third-order valence-electron chi connectivity index (χ3n) is 5.90. The van der Waals surface area contributed by atoms with E-state index in [1.165, 1.54) is 22.4 Å². The van der Waals surface area contributed by atoms with Crippen molar-refractivity contribution in [1.29, 1.82) is 0 Å². The molecule has 0 aliphatic heterocycles. The second kappa shape index (κ2) is 10.3. The molecule has 0 bridgehead atoms. The van der Waals surface area contributed by atoms with Crippen LogP contribution >= 0.6 is 34.7 Å². The Hall–Kier alpha value is -2.28. The molecule has 1 aliphatic rings. The van der Waals surface area contributed by atoms with Crippen molar-refractivity contribution in [3.8, 4) is 5.75 Å². The molecule has 0 fully saturated rings. The van der Waals surface area contributed by atoms with Gasteiger partial charge in [0, 0.05) is 22.2 Å². The van der Waals surface area contributed by atoms with Gasteiger partial charge >= 0.3 is 0 Å². The molecule has 0 unspecified atom stereocenters. The van der Waals surface area contributed by atoms with Crippen molar-refractivity contribution in [3.05, 3.63) is 86.0 Å². The zero-order valence-corrected chi connectivity index (χ0v) is 20.6. The lowest BCUT2D eigenvalue weighted by atomic mass is 9.97. The molecule has 2 aromatic heterocycles. The molecule has 0 spiro atoms. The number of nitrogens with zero attached hydrogens (tertiary/aromatic N) is 2. The Morgan fingerprint density at radius 2 is 1.85 bits per heavy atom. The van der Waals surface area contributed by atoms with E-state index in [0.29, 0.717) is 23.9 Å². The normalized spacial score (nSPS) is 13.2. The molecule has 4 nitrogen and oxygen atoms in total. The smallest absolute Gasteiger partial charge is 0.263 e. The van der Waals surface area contributed by atoms with Gasteiger partial charge in [0.05, 0.1) is 12.0 Å². The Labute approximate surface area is 206 Å². The minimum atomic E-state index is 0.108. The van der Waals surface area contributed by atoms with E-state index >= 15 is 0 Å². The highest BCUT2D eigenvalue weighted by Gasteiger charge is 2.22. The fourth-order valence-corrected chi connectivity index (χ4v) is 6.51. The van der Waals surface area contributed by atoms with E-state index in [1.807, 2.05) is 47.0 Å². The number of benzene rings is 2. The summed E-state index contributed by atoms with van der Waals surface area (Å²) < 4.78 is 7.72. The highest BCUT2D eigenvalue weighted by Crippen LogP contribution is 2.34. The third kappa shape index (κ3) is 5.13. The molecular weight excluding hydrogens is 472 g/mol. The number of aromatic nitrogens is 2. The van der Waals surface area contributed by atoms with Crippen LogP contribution in [-0.2, 0) is 25.8 Å². The van der Waals surface area contributed by atoms with Crippen LogP contribution in [0, 0.1) is 0 Å². The average molecular weight is 497 g/mol. The van der Waals surface area contributed by atoms with Crippen molar-refractivity contribution in [1.82, 2.24) is 9.55 Å². The summed E-state index contributed by atoms with van der Waals surface area (Å²) in [5.74, 6) is 1.49. The van der Waals surface area contributed by atoms with Gasteiger partial charge in [0.25, 0.3) is 5.56 Å². The molecule has 0 radical (unpaired) electrons. The Bertz CT molecular complexity index is 1300. The van der Waals surface area contributed by atoms with Crippen LogP contribution in [-0.4, -0.2) is 21.9 Å². The lowest BCUT2D eigenvalue weighted by Gasteiger charge is -2.14. The molecule has 170 valence electrons. The summed E-state index contributed by atoms with van der Waals surface area (Å²) in [6.07, 6.45) is 5.21. The van der Waals surface area contributed by atoms with E-state index < -0.39 is 0 Å². The van der Waals surface area contributed by atoms with E-state index in [0.717, 1.165) is 46.8 Å². The van der Waals surface area contributed by atoms with Gasteiger partial charge in [-0.15, -0.1) is 11.3 Å². The Morgan fingerprint density at radius 1 is 1.06 bits per heavy atom. The first-order chi connectivity index (χ1) is 16.2. The number of halogens is 1. The molecule has 4 aromatic rings. The van der Waals surface area contributed by atoms with Crippen molar-refractivity contribution in [2.75, 3.05) is 12.4 Å². The number of fused-ring (bicyclic) bond motifs is 3. The first-order valence-corrected chi connectivity index (χ1v) is 13.5. The molecule has 0 atom stereocenters. The molecule has 2 aromatic carbocycles. The average Bonchev–Trinajstić information content (AvgIpc) is 3.22. The van der Waals surface area contributed by atoms with E-state index in [9.17, 15) is 4.79 Å². The van der Waals surface area contributed by atoms with Gasteiger partial charge in [0.2, 0.25) is 0 Å². The molecule has 2 heterocycles. The number of thioether (sulfide) groups is 1. The van der Waals surface area contributed by atoms with Crippen LogP contribution in [0.2, 0.25) is 5.02 Å². The molecule has 0 amide bonds. The zero-order chi connectivity index (χ0) is 22.6. The summed E-state index contributed by atoms with van der Waals surface area (Å²) in [5.41, 5.74) is 2.57. The minimum Gasteiger partial charge on any atom is -0.493 e. The van der Waals surface area contributed by atoms with Gasteiger partial charge < -0.3 is 4.74 Å². The van der Waals surface area contributed by atoms with Crippen molar-refractivity contribution in [2.45, 2.75) is 43.8 Å². The molecule has 0 saturated heterocycles. The van der Waals surface area contributed by atoms with Crippen molar-refractivity contribution in [2.24, 2.45) is 0 Å². The summed E-state index contributed by atoms with van der Waals surface area (Å²) in [7, 11) is 0. The Morgan fingerprint density at radius 3 is 2.67 bits per heavy atom. The summed E-state index contributed by atoms with van der Waals surface area (Å²) in [6.45, 7) is 1.15. The van der Waals surface area contributed by atoms with Gasteiger partial charge in [-0.3, -0.25) is 9.36 Å².